The minimum atomic E-state index is -0.0643. The van der Waals surface area contributed by atoms with Gasteiger partial charge in [-0.1, -0.05) is 0 Å². The standard InChI is InChI=1S/C19H18N2O3/c22-17(14-3-1-5-20-12-14)11-16-15-10-19-18(23-7-2-8-24-19)9-13(15)4-6-21-16/h1,3,5,9-12,21H,2,4,6-8H2. The Hall–Kier alpha value is -2.82. The van der Waals surface area contributed by atoms with Gasteiger partial charge in [0.25, 0.3) is 0 Å². The smallest absolute Gasteiger partial charge is 0.189 e. The van der Waals surface area contributed by atoms with Crippen LogP contribution in [0, 0.1) is 0 Å². The van der Waals surface area contributed by atoms with Crippen molar-refractivity contribution in [1.82, 2.24) is 10.3 Å². The van der Waals surface area contributed by atoms with E-state index >= 15 is 0 Å². The summed E-state index contributed by atoms with van der Waals surface area (Å²) in [6.45, 7) is 2.11. The van der Waals surface area contributed by atoms with E-state index in [0.717, 1.165) is 42.1 Å². The summed E-state index contributed by atoms with van der Waals surface area (Å²) in [6.07, 6.45) is 6.64. The molecule has 3 heterocycles. The number of nitrogens with one attached hydrogen (secondary N) is 1. The molecule has 0 radical (unpaired) electrons. The van der Waals surface area contributed by atoms with Crippen molar-refractivity contribution in [3.05, 3.63) is 59.4 Å². The highest BCUT2D eigenvalue weighted by Crippen LogP contribution is 2.36. The topological polar surface area (TPSA) is 60.5 Å². The largest absolute Gasteiger partial charge is 0.490 e. The van der Waals surface area contributed by atoms with Crippen LogP contribution in [0.3, 0.4) is 0 Å². The van der Waals surface area contributed by atoms with Crippen LogP contribution in [0.1, 0.15) is 27.9 Å². The van der Waals surface area contributed by atoms with E-state index in [4.69, 9.17) is 9.47 Å². The number of rotatable bonds is 2. The van der Waals surface area contributed by atoms with Gasteiger partial charge in [0.05, 0.1) is 13.2 Å². The van der Waals surface area contributed by atoms with E-state index in [1.807, 2.05) is 12.1 Å². The van der Waals surface area contributed by atoms with E-state index in [1.165, 1.54) is 5.56 Å². The van der Waals surface area contributed by atoms with Gasteiger partial charge >= 0.3 is 0 Å². The van der Waals surface area contributed by atoms with E-state index in [0.29, 0.717) is 18.8 Å². The first-order valence-electron chi connectivity index (χ1n) is 8.14. The van der Waals surface area contributed by atoms with Gasteiger partial charge in [0.15, 0.2) is 17.3 Å². The summed E-state index contributed by atoms with van der Waals surface area (Å²) in [6, 6.07) is 7.55. The maximum atomic E-state index is 12.5. The van der Waals surface area contributed by atoms with Crippen LogP contribution in [-0.4, -0.2) is 30.5 Å². The van der Waals surface area contributed by atoms with Gasteiger partial charge < -0.3 is 14.8 Å². The number of ketones is 1. The Bertz CT molecular complexity index is 800. The molecule has 0 saturated heterocycles. The Morgan fingerprint density at radius 2 is 2.04 bits per heavy atom. The lowest BCUT2D eigenvalue weighted by Gasteiger charge is -2.23. The van der Waals surface area contributed by atoms with Crippen molar-refractivity contribution in [1.29, 1.82) is 0 Å². The SMILES string of the molecule is O=C(C=C1NCCc2cc3c(cc21)OCCCO3)c1cccnc1. The Labute approximate surface area is 140 Å². The fourth-order valence-corrected chi connectivity index (χ4v) is 2.99. The first-order chi connectivity index (χ1) is 11.8. The van der Waals surface area contributed by atoms with Gasteiger partial charge in [0.2, 0.25) is 0 Å². The predicted molar refractivity (Wildman–Crippen MR) is 90.3 cm³/mol. The van der Waals surface area contributed by atoms with Crippen molar-refractivity contribution in [3.63, 3.8) is 0 Å². The number of allylic oxidation sites excluding steroid dienone is 1. The lowest BCUT2D eigenvalue weighted by Crippen LogP contribution is -2.23. The molecular formula is C19H18N2O3. The van der Waals surface area contributed by atoms with Crippen molar-refractivity contribution in [2.24, 2.45) is 0 Å². The summed E-state index contributed by atoms with van der Waals surface area (Å²) in [7, 11) is 0. The van der Waals surface area contributed by atoms with Crippen LogP contribution < -0.4 is 14.8 Å². The normalized spacial score (nSPS) is 17.6. The minimum absolute atomic E-state index is 0.0643. The van der Waals surface area contributed by atoms with Crippen LogP contribution in [-0.2, 0) is 6.42 Å². The molecule has 0 bridgehead atoms. The summed E-state index contributed by atoms with van der Waals surface area (Å²) < 4.78 is 11.5. The molecule has 1 aromatic heterocycles. The third kappa shape index (κ3) is 2.85. The van der Waals surface area contributed by atoms with Gasteiger partial charge in [-0.25, -0.2) is 0 Å². The Balaban J connectivity index is 1.72. The molecule has 0 amide bonds. The van der Waals surface area contributed by atoms with Crippen LogP contribution in [0.4, 0.5) is 0 Å². The Morgan fingerprint density at radius 3 is 2.83 bits per heavy atom. The highest BCUT2D eigenvalue weighted by molar-refractivity contribution is 6.08. The third-order valence-electron chi connectivity index (χ3n) is 4.19. The molecule has 0 unspecified atom stereocenters. The molecule has 5 nitrogen and oxygen atoms in total. The van der Waals surface area contributed by atoms with Gasteiger partial charge in [0.1, 0.15) is 0 Å². The molecule has 0 saturated carbocycles. The molecule has 2 aliphatic heterocycles. The van der Waals surface area contributed by atoms with Crippen molar-refractivity contribution >= 4 is 11.5 Å². The van der Waals surface area contributed by atoms with Crippen LogP contribution >= 0.6 is 0 Å². The van der Waals surface area contributed by atoms with E-state index in [9.17, 15) is 4.79 Å². The number of carbonyl (C=O) groups excluding carboxylic acids is 1. The van der Waals surface area contributed by atoms with Crippen LogP contribution in [0.5, 0.6) is 11.5 Å². The fourth-order valence-electron chi connectivity index (χ4n) is 2.99. The number of hydrogen-bond donors (Lipinski definition) is 1. The fraction of sp³-hybridized carbons (Fsp3) is 0.263. The van der Waals surface area contributed by atoms with Crippen LogP contribution in [0.25, 0.3) is 5.70 Å². The first kappa shape index (κ1) is 14.8. The summed E-state index contributed by atoms with van der Waals surface area (Å²) in [5.74, 6) is 1.48. The van der Waals surface area contributed by atoms with E-state index in [2.05, 4.69) is 10.3 Å². The summed E-state index contributed by atoms with van der Waals surface area (Å²) in [4.78, 5) is 16.5. The Morgan fingerprint density at radius 1 is 1.21 bits per heavy atom. The van der Waals surface area contributed by atoms with Crippen LogP contribution in [0.2, 0.25) is 0 Å². The molecule has 0 aliphatic carbocycles. The maximum Gasteiger partial charge on any atom is 0.189 e. The molecule has 4 rings (SSSR count). The van der Waals surface area contributed by atoms with E-state index in [-0.39, 0.29) is 5.78 Å². The molecule has 2 aromatic rings. The molecule has 1 aromatic carbocycles. The molecule has 122 valence electrons. The average molecular weight is 322 g/mol. The van der Waals surface area contributed by atoms with Crippen molar-refractivity contribution in [3.8, 4) is 11.5 Å². The van der Waals surface area contributed by atoms with Gasteiger partial charge in [-0.05, 0) is 36.2 Å². The number of hydrogen-bond acceptors (Lipinski definition) is 5. The summed E-state index contributed by atoms with van der Waals surface area (Å²) in [5.41, 5.74) is 3.57. The van der Waals surface area contributed by atoms with E-state index in [1.54, 1.807) is 30.6 Å². The number of benzene rings is 1. The van der Waals surface area contributed by atoms with Gasteiger partial charge in [-0.3, -0.25) is 9.78 Å². The minimum Gasteiger partial charge on any atom is -0.490 e. The van der Waals surface area contributed by atoms with Crippen molar-refractivity contribution < 1.29 is 14.3 Å². The second-order valence-corrected chi connectivity index (χ2v) is 5.85. The maximum absolute atomic E-state index is 12.5. The highest BCUT2D eigenvalue weighted by Gasteiger charge is 2.20. The molecule has 0 atom stereocenters. The lowest BCUT2D eigenvalue weighted by molar-refractivity contribution is 0.104. The molecule has 0 spiro atoms. The third-order valence-corrected chi connectivity index (χ3v) is 4.19. The zero-order chi connectivity index (χ0) is 16.4. The number of aromatic nitrogens is 1. The van der Waals surface area contributed by atoms with Gasteiger partial charge in [-0.2, -0.15) is 0 Å². The Kier molecular flexibility index (Phi) is 3.91. The molecule has 5 heteroatoms. The second-order valence-electron chi connectivity index (χ2n) is 5.85. The summed E-state index contributed by atoms with van der Waals surface area (Å²) in [5, 5.41) is 3.32. The molecule has 1 N–H and O–H groups in total. The van der Waals surface area contributed by atoms with Crippen LogP contribution in [0.15, 0.2) is 42.7 Å². The monoisotopic (exact) mass is 322 g/mol. The number of nitrogens with zero attached hydrogens (tertiary/aromatic N) is 1. The van der Waals surface area contributed by atoms with Crippen molar-refractivity contribution in [2.45, 2.75) is 12.8 Å². The van der Waals surface area contributed by atoms with Gasteiger partial charge in [-0.15, -0.1) is 0 Å². The molecule has 24 heavy (non-hydrogen) atoms. The number of carbonyl (C=O) groups is 1. The van der Waals surface area contributed by atoms with Crippen molar-refractivity contribution in [2.75, 3.05) is 19.8 Å². The molecule has 0 fully saturated rings. The summed E-state index contributed by atoms with van der Waals surface area (Å²) >= 11 is 0. The molecular weight excluding hydrogens is 304 g/mol. The number of fused-ring (bicyclic) bond motifs is 2. The lowest BCUT2D eigenvalue weighted by atomic mass is 9.96. The molecule has 2 aliphatic rings. The predicted octanol–water partition coefficient (Wildman–Crippen LogP) is 2.61. The highest BCUT2D eigenvalue weighted by atomic mass is 16.5. The zero-order valence-corrected chi connectivity index (χ0v) is 13.2. The first-order valence-corrected chi connectivity index (χ1v) is 8.14. The van der Waals surface area contributed by atoms with E-state index < -0.39 is 0 Å². The number of pyridine rings is 1. The quantitative estimate of drug-likeness (QED) is 0.680. The zero-order valence-electron chi connectivity index (χ0n) is 13.2. The second kappa shape index (κ2) is 6.35. The van der Waals surface area contributed by atoms with Gasteiger partial charge in [0, 0.05) is 48.3 Å². The average Bonchev–Trinajstić information content (AvgIpc) is 2.86. The number of ether oxygens (including phenoxy) is 2.